The maximum atomic E-state index is 2.60. The van der Waals surface area contributed by atoms with E-state index in [2.05, 4.69) is 18.7 Å². The fourth-order valence-corrected chi connectivity index (χ4v) is 1.86. The van der Waals surface area contributed by atoms with Crippen molar-refractivity contribution in [3.05, 3.63) is 0 Å². The number of hydrogen-bond acceptors (Lipinski definition) is 1. The monoisotopic (exact) mass is 125 g/mol. The van der Waals surface area contributed by atoms with Crippen molar-refractivity contribution < 1.29 is 0 Å². The number of piperidine rings is 1. The first-order valence-corrected chi connectivity index (χ1v) is 4.01. The topological polar surface area (TPSA) is 3.24 Å². The van der Waals surface area contributed by atoms with Crippen LogP contribution in [0.5, 0.6) is 0 Å². The molecule has 0 aromatic heterocycles. The second-order valence-corrected chi connectivity index (χ2v) is 3.80. The lowest BCUT2D eigenvalue weighted by molar-refractivity contribution is 0.248. The summed E-state index contributed by atoms with van der Waals surface area (Å²) in [6, 6.07) is 0.790. The van der Waals surface area contributed by atoms with Gasteiger partial charge in [-0.3, -0.25) is 0 Å². The molecule has 1 heterocycles. The van der Waals surface area contributed by atoms with Crippen LogP contribution >= 0.6 is 0 Å². The van der Waals surface area contributed by atoms with Crippen LogP contribution in [0.4, 0.5) is 0 Å². The minimum Gasteiger partial charge on any atom is -0.300 e. The third-order valence-corrected chi connectivity index (χ3v) is 2.74. The molecule has 1 heteroatoms. The fraction of sp³-hybridized carbons (Fsp3) is 1.00. The average molecular weight is 125 g/mol. The van der Waals surface area contributed by atoms with Gasteiger partial charge in [-0.05, 0) is 32.1 Å². The summed E-state index contributed by atoms with van der Waals surface area (Å²) in [5.41, 5.74) is 0. The zero-order valence-electron chi connectivity index (χ0n) is 6.30. The normalized spacial score (nSPS) is 41.7. The summed E-state index contributed by atoms with van der Waals surface area (Å²) in [6.07, 6.45) is 1.53. The molecular weight excluding hydrogens is 110 g/mol. The van der Waals surface area contributed by atoms with Crippen molar-refractivity contribution in [2.45, 2.75) is 26.3 Å². The van der Waals surface area contributed by atoms with E-state index in [1.807, 2.05) is 0 Å². The summed E-state index contributed by atoms with van der Waals surface area (Å²) in [4.78, 5) is 2.60. The lowest BCUT2D eigenvalue weighted by atomic mass is 10.3. The molecule has 1 nitrogen and oxygen atoms in total. The molecule has 2 fully saturated rings. The summed E-state index contributed by atoms with van der Waals surface area (Å²) >= 11 is 0. The summed E-state index contributed by atoms with van der Waals surface area (Å²) in [7, 11) is 0. The van der Waals surface area contributed by atoms with Crippen LogP contribution in [0.3, 0.4) is 0 Å². The van der Waals surface area contributed by atoms with Crippen LogP contribution < -0.4 is 0 Å². The minimum absolute atomic E-state index is 0.790. The van der Waals surface area contributed by atoms with E-state index in [-0.39, 0.29) is 0 Å². The largest absolute Gasteiger partial charge is 0.300 e. The number of likely N-dealkylation sites (tertiary alicyclic amines) is 1. The van der Waals surface area contributed by atoms with Crippen LogP contribution in [0.15, 0.2) is 0 Å². The van der Waals surface area contributed by atoms with Crippen LogP contribution in [0.1, 0.15) is 20.3 Å². The lowest BCUT2D eigenvalue weighted by Crippen LogP contribution is -2.29. The Labute approximate surface area is 57.0 Å². The van der Waals surface area contributed by atoms with Crippen molar-refractivity contribution in [2.75, 3.05) is 13.1 Å². The van der Waals surface area contributed by atoms with Gasteiger partial charge in [0.15, 0.2) is 0 Å². The van der Waals surface area contributed by atoms with E-state index in [0.29, 0.717) is 0 Å². The molecule has 2 atom stereocenters. The smallest absolute Gasteiger partial charge is 0.00388 e. The van der Waals surface area contributed by atoms with E-state index in [0.717, 1.165) is 17.9 Å². The predicted octanol–water partition coefficient (Wildman–Crippen LogP) is 1.35. The molecule has 0 aromatic rings. The SMILES string of the molecule is CC(C)N1CC2C[C@H]2C1. The van der Waals surface area contributed by atoms with Crippen LogP contribution in [-0.4, -0.2) is 24.0 Å². The number of rotatable bonds is 1. The lowest BCUT2D eigenvalue weighted by Gasteiger charge is -2.21. The van der Waals surface area contributed by atoms with Gasteiger partial charge in [-0.2, -0.15) is 0 Å². The second-order valence-electron chi connectivity index (χ2n) is 3.80. The second kappa shape index (κ2) is 1.72. The molecule has 1 unspecified atom stereocenters. The molecule has 2 aliphatic rings. The first-order valence-electron chi connectivity index (χ1n) is 4.01. The molecule has 9 heavy (non-hydrogen) atoms. The van der Waals surface area contributed by atoms with Crippen LogP contribution in [-0.2, 0) is 0 Å². The van der Waals surface area contributed by atoms with E-state index in [1.165, 1.54) is 19.5 Å². The van der Waals surface area contributed by atoms with Gasteiger partial charge in [0.05, 0.1) is 0 Å². The van der Waals surface area contributed by atoms with Crippen molar-refractivity contribution in [3.63, 3.8) is 0 Å². The Morgan fingerprint density at radius 1 is 1.22 bits per heavy atom. The van der Waals surface area contributed by atoms with Gasteiger partial charge < -0.3 is 4.90 Å². The van der Waals surface area contributed by atoms with Gasteiger partial charge in [0.2, 0.25) is 0 Å². The van der Waals surface area contributed by atoms with E-state index in [1.54, 1.807) is 0 Å². The fourth-order valence-electron chi connectivity index (χ4n) is 1.86. The van der Waals surface area contributed by atoms with E-state index in [4.69, 9.17) is 0 Å². The molecule has 0 amide bonds. The molecule has 2 rings (SSSR count). The van der Waals surface area contributed by atoms with Crippen LogP contribution in [0, 0.1) is 11.8 Å². The molecule has 1 aliphatic carbocycles. The first kappa shape index (κ1) is 5.72. The summed E-state index contributed by atoms with van der Waals surface area (Å²) in [5, 5.41) is 0. The summed E-state index contributed by atoms with van der Waals surface area (Å²) in [6.45, 7) is 7.38. The predicted molar refractivity (Wildman–Crippen MR) is 38.3 cm³/mol. The molecular formula is C8H15N. The number of hydrogen-bond donors (Lipinski definition) is 0. The maximum Gasteiger partial charge on any atom is 0.00388 e. The van der Waals surface area contributed by atoms with Gasteiger partial charge in [0, 0.05) is 19.1 Å². The minimum atomic E-state index is 0.790. The van der Waals surface area contributed by atoms with Crippen molar-refractivity contribution in [3.8, 4) is 0 Å². The average Bonchev–Trinajstić information content (AvgIpc) is 2.40. The van der Waals surface area contributed by atoms with Gasteiger partial charge in [-0.25, -0.2) is 0 Å². The Kier molecular flexibility index (Phi) is 1.10. The van der Waals surface area contributed by atoms with Crippen molar-refractivity contribution in [1.29, 1.82) is 0 Å². The zero-order valence-corrected chi connectivity index (χ0v) is 6.30. The molecule has 0 bridgehead atoms. The molecule has 1 saturated carbocycles. The highest BCUT2D eigenvalue weighted by molar-refractivity contribution is 4.97. The van der Waals surface area contributed by atoms with Gasteiger partial charge in [-0.1, -0.05) is 0 Å². The third kappa shape index (κ3) is 0.877. The molecule has 0 N–H and O–H groups in total. The van der Waals surface area contributed by atoms with Gasteiger partial charge in [0.25, 0.3) is 0 Å². The van der Waals surface area contributed by atoms with Crippen molar-refractivity contribution >= 4 is 0 Å². The molecule has 0 aromatic carbocycles. The van der Waals surface area contributed by atoms with Crippen molar-refractivity contribution in [1.82, 2.24) is 4.90 Å². The quantitative estimate of drug-likeness (QED) is 0.511. The molecule has 52 valence electrons. The Bertz CT molecular complexity index is 110. The van der Waals surface area contributed by atoms with Gasteiger partial charge in [-0.15, -0.1) is 0 Å². The molecule has 0 radical (unpaired) electrons. The zero-order chi connectivity index (χ0) is 6.43. The first-order chi connectivity index (χ1) is 4.27. The highest BCUT2D eigenvalue weighted by Gasteiger charge is 2.45. The Balaban J connectivity index is 1.90. The number of nitrogens with zero attached hydrogens (tertiary/aromatic N) is 1. The molecule has 1 aliphatic heterocycles. The molecule has 0 spiro atoms. The van der Waals surface area contributed by atoms with Gasteiger partial charge in [0.1, 0.15) is 0 Å². The Hall–Kier alpha value is -0.0400. The van der Waals surface area contributed by atoms with E-state index < -0.39 is 0 Å². The molecule has 1 saturated heterocycles. The van der Waals surface area contributed by atoms with Crippen molar-refractivity contribution in [2.24, 2.45) is 11.8 Å². The third-order valence-electron chi connectivity index (χ3n) is 2.74. The Morgan fingerprint density at radius 3 is 2.11 bits per heavy atom. The summed E-state index contributed by atoms with van der Waals surface area (Å²) < 4.78 is 0. The van der Waals surface area contributed by atoms with Gasteiger partial charge >= 0.3 is 0 Å². The Morgan fingerprint density at radius 2 is 1.78 bits per heavy atom. The standard InChI is InChI=1S/C8H15N/c1-6(2)9-4-7-3-8(7)5-9/h6-8H,3-5H2,1-2H3/t7-,8?/m0/s1. The van der Waals surface area contributed by atoms with E-state index >= 15 is 0 Å². The van der Waals surface area contributed by atoms with Crippen LogP contribution in [0.25, 0.3) is 0 Å². The summed E-state index contributed by atoms with van der Waals surface area (Å²) in [5.74, 6) is 2.21. The van der Waals surface area contributed by atoms with Crippen LogP contribution in [0.2, 0.25) is 0 Å². The highest BCUT2D eigenvalue weighted by Crippen LogP contribution is 2.45. The highest BCUT2D eigenvalue weighted by atomic mass is 15.2. The number of fused-ring (bicyclic) bond motifs is 1. The maximum absolute atomic E-state index is 2.60. The van der Waals surface area contributed by atoms with E-state index in [9.17, 15) is 0 Å².